The molecule has 0 spiro atoms. The Hall–Kier alpha value is -2.84. The topological polar surface area (TPSA) is 101 Å². The van der Waals surface area contributed by atoms with Crippen LogP contribution in [0.15, 0.2) is 48.9 Å². The van der Waals surface area contributed by atoms with Crippen molar-refractivity contribution in [3.63, 3.8) is 0 Å². The van der Waals surface area contributed by atoms with Gasteiger partial charge in [0.15, 0.2) is 18.2 Å². The van der Waals surface area contributed by atoms with Crippen LogP contribution in [-0.4, -0.2) is 64.2 Å². The predicted molar refractivity (Wildman–Crippen MR) is 118 cm³/mol. The van der Waals surface area contributed by atoms with E-state index in [1.54, 1.807) is 24.4 Å². The molecule has 1 saturated carbocycles. The van der Waals surface area contributed by atoms with Crippen molar-refractivity contribution in [2.45, 2.75) is 43.8 Å². The summed E-state index contributed by atoms with van der Waals surface area (Å²) in [7, 11) is 1.98. The van der Waals surface area contributed by atoms with Gasteiger partial charge in [0, 0.05) is 18.5 Å². The van der Waals surface area contributed by atoms with E-state index >= 15 is 0 Å². The summed E-state index contributed by atoms with van der Waals surface area (Å²) in [5.74, 6) is -0.397. The van der Waals surface area contributed by atoms with Crippen molar-refractivity contribution in [2.75, 3.05) is 32.0 Å². The van der Waals surface area contributed by atoms with Gasteiger partial charge in [0.05, 0.1) is 13.6 Å². The molecule has 3 atom stereocenters. The lowest BCUT2D eigenvalue weighted by Crippen LogP contribution is -2.49. The summed E-state index contributed by atoms with van der Waals surface area (Å²) in [6.45, 7) is 1.49. The number of carbonyl (C=O) groups is 2. The normalized spacial score (nSPS) is 25.2. The van der Waals surface area contributed by atoms with Crippen LogP contribution in [0.25, 0.3) is 0 Å². The van der Waals surface area contributed by atoms with Crippen LogP contribution in [-0.2, 0) is 19.9 Å². The molecule has 2 aliphatic rings. The maximum atomic E-state index is 13.3. The first-order chi connectivity index (χ1) is 15.4. The number of anilines is 1. The van der Waals surface area contributed by atoms with Crippen LogP contribution in [0.5, 0.6) is 0 Å². The molecular formula is C24H31N4O4+. The summed E-state index contributed by atoms with van der Waals surface area (Å²) < 4.78 is 6.34. The number of hydrogen-bond donors (Lipinski definition) is 2. The Bertz CT molecular complexity index is 936. The van der Waals surface area contributed by atoms with Gasteiger partial charge in [0.2, 0.25) is 0 Å². The monoisotopic (exact) mass is 439 g/mol. The van der Waals surface area contributed by atoms with Crippen LogP contribution in [0.4, 0.5) is 5.82 Å². The molecular weight excluding hydrogens is 408 g/mol. The van der Waals surface area contributed by atoms with E-state index in [2.05, 4.69) is 15.3 Å². The van der Waals surface area contributed by atoms with E-state index in [0.29, 0.717) is 35.4 Å². The molecule has 0 bridgehead atoms. The van der Waals surface area contributed by atoms with E-state index in [-0.39, 0.29) is 24.5 Å². The summed E-state index contributed by atoms with van der Waals surface area (Å²) in [6, 6.07) is 10.8. The Kier molecular flexibility index (Phi) is 6.53. The third-order valence-electron chi connectivity index (χ3n) is 6.75. The second-order valence-corrected chi connectivity index (χ2v) is 9.26. The number of quaternary nitrogens is 1. The third kappa shape index (κ3) is 4.81. The van der Waals surface area contributed by atoms with E-state index in [0.717, 1.165) is 25.7 Å². The Morgan fingerprint density at radius 1 is 1.19 bits per heavy atom. The minimum atomic E-state index is -1.63. The molecule has 4 rings (SSSR count). The van der Waals surface area contributed by atoms with Crippen LogP contribution in [0.2, 0.25) is 0 Å². The van der Waals surface area contributed by atoms with Crippen molar-refractivity contribution < 1.29 is 23.9 Å². The molecule has 1 aromatic carbocycles. The summed E-state index contributed by atoms with van der Waals surface area (Å²) in [6.07, 6.45) is 6.90. The van der Waals surface area contributed by atoms with Crippen molar-refractivity contribution >= 4 is 17.7 Å². The Morgan fingerprint density at radius 3 is 2.62 bits per heavy atom. The van der Waals surface area contributed by atoms with Gasteiger partial charge < -0.3 is 19.6 Å². The zero-order valence-electron chi connectivity index (χ0n) is 18.4. The molecule has 170 valence electrons. The summed E-state index contributed by atoms with van der Waals surface area (Å²) >= 11 is 0. The Morgan fingerprint density at radius 2 is 1.94 bits per heavy atom. The van der Waals surface area contributed by atoms with Crippen LogP contribution < -0.4 is 5.32 Å². The summed E-state index contributed by atoms with van der Waals surface area (Å²) in [4.78, 5) is 33.7. The molecule has 1 aliphatic carbocycles. The van der Waals surface area contributed by atoms with E-state index in [1.165, 1.54) is 6.33 Å². The van der Waals surface area contributed by atoms with Crippen LogP contribution >= 0.6 is 0 Å². The molecule has 0 radical (unpaired) electrons. The number of rotatable bonds is 7. The van der Waals surface area contributed by atoms with Gasteiger partial charge in [-0.25, -0.2) is 14.8 Å². The molecule has 2 aromatic rings. The lowest BCUT2D eigenvalue weighted by atomic mass is 9.80. The number of amides is 1. The van der Waals surface area contributed by atoms with Crippen LogP contribution in [0.1, 0.15) is 37.7 Å². The lowest BCUT2D eigenvalue weighted by Gasteiger charge is -2.33. The van der Waals surface area contributed by atoms with Crippen molar-refractivity contribution in [1.82, 2.24) is 9.97 Å². The largest absolute Gasteiger partial charge is 0.454 e. The van der Waals surface area contributed by atoms with Gasteiger partial charge in [-0.15, -0.1) is 0 Å². The number of ether oxygens (including phenoxy) is 1. The fourth-order valence-corrected chi connectivity index (χ4v) is 5.06. The van der Waals surface area contributed by atoms with Gasteiger partial charge in [-0.1, -0.05) is 43.2 Å². The number of likely N-dealkylation sites (N-methyl/N-ethyl adjacent to an activating group) is 1. The van der Waals surface area contributed by atoms with Gasteiger partial charge in [0.25, 0.3) is 5.91 Å². The fourth-order valence-electron chi connectivity index (χ4n) is 5.06. The molecule has 8 nitrogen and oxygen atoms in total. The van der Waals surface area contributed by atoms with Crippen molar-refractivity contribution in [1.29, 1.82) is 0 Å². The smallest absolute Gasteiger partial charge is 0.343 e. The number of esters is 1. The molecule has 2 N–H and O–H groups in total. The fraction of sp³-hybridized carbons (Fsp3) is 0.500. The van der Waals surface area contributed by atoms with E-state index in [4.69, 9.17) is 4.74 Å². The Balaban J connectivity index is 1.40. The number of nitrogens with one attached hydrogen (secondary N) is 1. The van der Waals surface area contributed by atoms with Crippen molar-refractivity contribution in [3.8, 4) is 0 Å². The van der Waals surface area contributed by atoms with Crippen LogP contribution in [0, 0.1) is 5.92 Å². The third-order valence-corrected chi connectivity index (χ3v) is 6.75. The summed E-state index contributed by atoms with van der Waals surface area (Å²) in [5.41, 5.74) is -1.04. The number of carbonyl (C=O) groups excluding carboxylic acids is 2. The summed E-state index contributed by atoms with van der Waals surface area (Å²) in [5, 5.41) is 14.4. The van der Waals surface area contributed by atoms with E-state index < -0.39 is 11.6 Å². The first-order valence-corrected chi connectivity index (χ1v) is 11.3. The molecule has 2 unspecified atom stereocenters. The highest BCUT2D eigenvalue weighted by Gasteiger charge is 2.49. The number of nitrogens with zero attached hydrogens (tertiary/aromatic N) is 3. The first-order valence-electron chi connectivity index (χ1n) is 11.3. The average molecular weight is 440 g/mol. The molecule has 1 amide bonds. The minimum Gasteiger partial charge on any atom is -0.454 e. The van der Waals surface area contributed by atoms with Gasteiger partial charge in [-0.2, -0.15) is 0 Å². The SMILES string of the molecule is C[N+]1(CC(=O)Nc2ccncn2)CCC(OC(=O)[C@](O)(c2ccccc2)C2CCCC2)C1. The molecule has 8 heteroatoms. The minimum absolute atomic E-state index is 0.140. The highest BCUT2D eigenvalue weighted by molar-refractivity contribution is 5.90. The number of benzene rings is 1. The van der Waals surface area contributed by atoms with Gasteiger partial charge in [-0.05, 0) is 24.5 Å². The lowest BCUT2D eigenvalue weighted by molar-refractivity contribution is -0.890. The molecule has 1 saturated heterocycles. The number of hydrogen-bond acceptors (Lipinski definition) is 6. The zero-order chi connectivity index (χ0) is 22.6. The van der Waals surface area contributed by atoms with Crippen molar-refractivity contribution in [2.24, 2.45) is 5.92 Å². The second-order valence-electron chi connectivity index (χ2n) is 9.26. The van der Waals surface area contributed by atoms with Crippen LogP contribution in [0.3, 0.4) is 0 Å². The van der Waals surface area contributed by atoms with Gasteiger partial charge in [0.1, 0.15) is 18.7 Å². The number of aromatic nitrogens is 2. The predicted octanol–water partition coefficient (Wildman–Crippen LogP) is 2.26. The maximum absolute atomic E-state index is 13.3. The molecule has 1 aliphatic heterocycles. The quantitative estimate of drug-likeness (QED) is 0.507. The Labute approximate surface area is 188 Å². The number of aliphatic hydroxyl groups is 1. The van der Waals surface area contributed by atoms with E-state index in [9.17, 15) is 14.7 Å². The van der Waals surface area contributed by atoms with Crippen molar-refractivity contribution in [3.05, 3.63) is 54.5 Å². The van der Waals surface area contributed by atoms with Gasteiger partial charge in [-0.3, -0.25) is 4.79 Å². The first kappa shape index (κ1) is 22.4. The molecule has 32 heavy (non-hydrogen) atoms. The molecule has 2 fully saturated rings. The highest BCUT2D eigenvalue weighted by Crippen LogP contribution is 2.42. The molecule has 2 heterocycles. The second kappa shape index (κ2) is 9.34. The van der Waals surface area contributed by atoms with Gasteiger partial charge >= 0.3 is 5.97 Å². The number of likely N-dealkylation sites (tertiary alicyclic amines) is 1. The molecule has 1 aromatic heterocycles. The highest BCUT2D eigenvalue weighted by atomic mass is 16.6. The average Bonchev–Trinajstić information content (AvgIpc) is 3.45. The maximum Gasteiger partial charge on any atom is 0.343 e. The standard InChI is InChI=1S/C24H30N4O4/c1-28(16-22(29)27-21-11-13-25-17-26-21)14-12-20(15-28)32-23(30)24(31,19-9-5-6-10-19)18-7-3-2-4-8-18/h2-4,7-8,11,13,17,19-20,31H,5-6,9-10,12,14-16H2,1H3/p+1/t20?,24-,28?/m0/s1. The van der Waals surface area contributed by atoms with E-state index in [1.807, 2.05) is 25.2 Å². The zero-order valence-corrected chi connectivity index (χ0v) is 18.4.